The summed E-state index contributed by atoms with van der Waals surface area (Å²) in [7, 11) is -4.67. The zero-order valence-electron chi connectivity index (χ0n) is 31.2. The molecule has 0 aliphatic carbocycles. The third kappa shape index (κ3) is 33.4. The number of aliphatic hydroxyl groups excluding tert-OH is 4. The first kappa shape index (κ1) is 48.9. The first-order chi connectivity index (χ1) is 24.4. The van der Waals surface area contributed by atoms with Crippen LogP contribution in [0.2, 0.25) is 0 Å². The number of carbonyl (C=O) groups is 2. The van der Waals surface area contributed by atoms with Gasteiger partial charge in [-0.1, -0.05) is 127 Å². The largest absolute Gasteiger partial charge is 0.472 e. The molecule has 1 unspecified atom stereocenters. The van der Waals surface area contributed by atoms with Gasteiger partial charge in [0.1, 0.15) is 12.7 Å². The predicted octanol–water partition coefficient (Wildman–Crippen LogP) is 6.79. The third-order valence-electron chi connectivity index (χ3n) is 7.62. The van der Waals surface area contributed by atoms with Crippen molar-refractivity contribution >= 4 is 19.8 Å². The molecule has 0 bridgehead atoms. The van der Waals surface area contributed by atoms with Crippen molar-refractivity contribution in [3.8, 4) is 0 Å². The van der Waals surface area contributed by atoms with E-state index in [1.807, 2.05) is 24.3 Å². The van der Waals surface area contributed by atoms with Crippen LogP contribution in [0.1, 0.15) is 124 Å². The molecule has 0 aromatic heterocycles. The van der Waals surface area contributed by atoms with E-state index >= 15 is 0 Å². The molecule has 0 saturated heterocycles. The van der Waals surface area contributed by atoms with Crippen LogP contribution < -0.4 is 0 Å². The Bertz CT molecular complexity index is 1040. The number of aliphatic hydroxyl groups is 4. The number of hydrogen-bond donors (Lipinski definition) is 5. The first-order valence-electron chi connectivity index (χ1n) is 18.7. The molecule has 296 valence electrons. The molecule has 13 heteroatoms. The summed E-state index contributed by atoms with van der Waals surface area (Å²) in [5, 5.41) is 38.3. The molecule has 0 aromatic carbocycles. The monoisotopic (exact) mass is 746 g/mol. The van der Waals surface area contributed by atoms with Gasteiger partial charge in [-0.05, 0) is 38.0 Å². The van der Waals surface area contributed by atoms with Crippen LogP contribution in [0.4, 0.5) is 0 Å². The number of unbranched alkanes of at least 4 members (excludes halogenated alkanes) is 7. The van der Waals surface area contributed by atoms with Gasteiger partial charge in [-0.3, -0.25) is 18.6 Å². The smallest absolute Gasteiger partial charge is 0.462 e. The van der Waals surface area contributed by atoms with Crippen LogP contribution in [-0.2, 0) is 32.7 Å². The first-order valence-corrected chi connectivity index (χ1v) is 20.2. The standard InChI is InChI=1S/C38H67O12P/c1-4-5-15-22-33(40)23-17-12-7-6-8-13-18-24-34(41)25-20-27-38(44)50-36(31-49-51(45,46)48-29-35(42)28-39)30-47-37(43)26-19-14-10-9-11-16-21-32(2)3/h7-8,12-13,17-18,23-24,32-36,39-42H,4-6,9-11,14-16,19-22,25-31H2,1-3H3,(H,45,46)/b12-7-,13-8-,23-17+,24-18+/t33-,34-,35+,36-/m1/s1. The number of allylic oxidation sites excluding steroid dienone is 6. The Morgan fingerprint density at radius 1 is 0.686 bits per heavy atom. The van der Waals surface area contributed by atoms with Crippen LogP contribution in [0.25, 0.3) is 0 Å². The maximum absolute atomic E-state index is 12.5. The highest BCUT2D eigenvalue weighted by atomic mass is 31.2. The third-order valence-corrected chi connectivity index (χ3v) is 8.57. The van der Waals surface area contributed by atoms with Crippen LogP contribution in [0.5, 0.6) is 0 Å². The number of phosphoric acid groups is 1. The zero-order chi connectivity index (χ0) is 38.2. The molecule has 51 heavy (non-hydrogen) atoms. The van der Waals surface area contributed by atoms with Crippen LogP contribution >= 0.6 is 7.82 Å². The number of esters is 2. The van der Waals surface area contributed by atoms with Gasteiger partial charge in [0.05, 0.1) is 32.0 Å². The van der Waals surface area contributed by atoms with Gasteiger partial charge in [0.2, 0.25) is 0 Å². The van der Waals surface area contributed by atoms with Crippen molar-refractivity contribution in [3.63, 3.8) is 0 Å². The molecule has 0 radical (unpaired) electrons. The van der Waals surface area contributed by atoms with E-state index in [-0.39, 0.29) is 19.3 Å². The number of rotatable bonds is 33. The molecular weight excluding hydrogens is 679 g/mol. The second-order valence-electron chi connectivity index (χ2n) is 13.1. The van der Waals surface area contributed by atoms with Gasteiger partial charge in [-0.15, -0.1) is 0 Å². The lowest BCUT2D eigenvalue weighted by atomic mass is 10.0. The van der Waals surface area contributed by atoms with Crippen LogP contribution in [0.15, 0.2) is 48.6 Å². The quantitative estimate of drug-likeness (QED) is 0.0205. The molecule has 0 fully saturated rings. The van der Waals surface area contributed by atoms with Gasteiger partial charge in [0.25, 0.3) is 0 Å². The van der Waals surface area contributed by atoms with E-state index in [2.05, 4.69) is 25.3 Å². The Morgan fingerprint density at radius 3 is 1.84 bits per heavy atom. The van der Waals surface area contributed by atoms with Gasteiger partial charge in [-0.25, -0.2) is 4.57 Å². The Hall–Kier alpha value is -2.15. The lowest BCUT2D eigenvalue weighted by molar-refractivity contribution is -0.161. The summed E-state index contributed by atoms with van der Waals surface area (Å²) in [5.74, 6) is -0.463. The maximum atomic E-state index is 12.5. The summed E-state index contributed by atoms with van der Waals surface area (Å²) in [6.45, 7) is 4.18. The number of ether oxygens (including phenoxy) is 2. The molecular formula is C38H67O12P. The van der Waals surface area contributed by atoms with Crippen LogP contribution in [-0.4, -0.2) is 88.1 Å². The molecule has 5 N–H and O–H groups in total. The SMILES string of the molecule is CCCCC[C@@H](O)/C=C/C=C\C/C=C\C=C\[C@@H](O)CCCC(=O)O[C@H](COC(=O)CCCCCCCCC(C)C)COP(=O)(O)OC[C@@H](O)CO. The molecule has 0 spiro atoms. The molecule has 0 rings (SSSR count). The summed E-state index contributed by atoms with van der Waals surface area (Å²) in [6.07, 6.45) is 23.4. The molecule has 5 atom stereocenters. The fourth-order valence-corrected chi connectivity index (χ4v) is 5.41. The van der Waals surface area contributed by atoms with Gasteiger partial charge >= 0.3 is 19.8 Å². The van der Waals surface area contributed by atoms with Gasteiger partial charge < -0.3 is 34.8 Å². The van der Waals surface area contributed by atoms with Crippen molar-refractivity contribution in [2.75, 3.05) is 26.4 Å². The maximum Gasteiger partial charge on any atom is 0.472 e. The second kappa shape index (κ2) is 32.5. The number of hydrogen-bond acceptors (Lipinski definition) is 11. The molecule has 0 saturated carbocycles. The van der Waals surface area contributed by atoms with Crippen LogP contribution in [0, 0.1) is 5.92 Å². The average molecular weight is 747 g/mol. The van der Waals surface area contributed by atoms with Gasteiger partial charge in [0.15, 0.2) is 6.10 Å². The van der Waals surface area contributed by atoms with Crippen LogP contribution in [0.3, 0.4) is 0 Å². The van der Waals surface area contributed by atoms with Crippen molar-refractivity contribution in [2.45, 2.75) is 148 Å². The highest BCUT2D eigenvalue weighted by Crippen LogP contribution is 2.43. The second-order valence-corrected chi connectivity index (χ2v) is 14.6. The van der Waals surface area contributed by atoms with Crippen molar-refractivity contribution in [3.05, 3.63) is 48.6 Å². The molecule has 0 aliphatic rings. The molecule has 0 aromatic rings. The van der Waals surface area contributed by atoms with Gasteiger partial charge in [0, 0.05) is 12.8 Å². The van der Waals surface area contributed by atoms with Crippen molar-refractivity contribution < 1.29 is 58.0 Å². The van der Waals surface area contributed by atoms with E-state index in [1.54, 1.807) is 24.3 Å². The summed E-state index contributed by atoms with van der Waals surface area (Å²) in [6, 6.07) is 0. The van der Waals surface area contributed by atoms with E-state index in [9.17, 15) is 34.4 Å². The van der Waals surface area contributed by atoms with E-state index < -0.39 is 70.6 Å². The fourth-order valence-electron chi connectivity index (χ4n) is 4.62. The summed E-state index contributed by atoms with van der Waals surface area (Å²) in [5.41, 5.74) is 0. The minimum atomic E-state index is -4.67. The summed E-state index contributed by atoms with van der Waals surface area (Å²) < 4.78 is 32.3. The van der Waals surface area contributed by atoms with Crippen molar-refractivity contribution in [1.82, 2.24) is 0 Å². The Balaban J connectivity index is 4.66. The minimum absolute atomic E-state index is 0.0655. The Kier molecular flexibility index (Phi) is 31.1. The molecule has 0 heterocycles. The highest BCUT2D eigenvalue weighted by Gasteiger charge is 2.27. The molecule has 0 amide bonds. The topological polar surface area (TPSA) is 189 Å². The predicted molar refractivity (Wildman–Crippen MR) is 199 cm³/mol. The Morgan fingerprint density at radius 2 is 1.24 bits per heavy atom. The number of phosphoric ester groups is 1. The molecule has 12 nitrogen and oxygen atoms in total. The number of carbonyl (C=O) groups excluding carboxylic acids is 2. The van der Waals surface area contributed by atoms with Crippen molar-refractivity contribution in [1.29, 1.82) is 0 Å². The van der Waals surface area contributed by atoms with Gasteiger partial charge in [-0.2, -0.15) is 0 Å². The minimum Gasteiger partial charge on any atom is -0.462 e. The molecule has 0 aliphatic heterocycles. The summed E-state index contributed by atoms with van der Waals surface area (Å²) in [4.78, 5) is 34.7. The summed E-state index contributed by atoms with van der Waals surface area (Å²) >= 11 is 0. The zero-order valence-corrected chi connectivity index (χ0v) is 32.1. The highest BCUT2D eigenvalue weighted by molar-refractivity contribution is 7.47. The fraction of sp³-hybridized carbons (Fsp3) is 0.737. The lowest BCUT2D eigenvalue weighted by Crippen LogP contribution is -2.30. The van der Waals surface area contributed by atoms with E-state index in [4.69, 9.17) is 19.1 Å². The van der Waals surface area contributed by atoms with E-state index in [1.165, 1.54) is 19.3 Å². The van der Waals surface area contributed by atoms with E-state index in [0.29, 0.717) is 25.2 Å². The van der Waals surface area contributed by atoms with Crippen molar-refractivity contribution in [2.24, 2.45) is 5.92 Å². The van der Waals surface area contributed by atoms with E-state index in [0.717, 1.165) is 44.9 Å². The Labute approximate surface area is 306 Å². The lowest BCUT2D eigenvalue weighted by Gasteiger charge is -2.20. The normalized spacial score (nSPS) is 15.9. The average Bonchev–Trinajstić information content (AvgIpc) is 3.08.